The molecule has 1 unspecified atom stereocenters. The average Bonchev–Trinajstić information content (AvgIpc) is 3.28. The first-order chi connectivity index (χ1) is 9.78. The molecule has 1 aliphatic heterocycles. The van der Waals surface area contributed by atoms with Crippen LogP contribution in [0, 0.1) is 18.3 Å². The van der Waals surface area contributed by atoms with Gasteiger partial charge in [0.25, 0.3) is 0 Å². The molecule has 0 radical (unpaired) electrons. The third-order valence-electron chi connectivity index (χ3n) is 5.54. The van der Waals surface area contributed by atoms with Crippen molar-refractivity contribution in [1.82, 2.24) is 5.32 Å². The average molecular weight is 271 g/mol. The normalized spacial score (nSPS) is 27.4. The van der Waals surface area contributed by atoms with E-state index in [1.165, 1.54) is 49.8 Å². The molecule has 1 aromatic rings. The van der Waals surface area contributed by atoms with Gasteiger partial charge in [0.05, 0.1) is 6.61 Å². The molecule has 2 saturated carbocycles. The van der Waals surface area contributed by atoms with E-state index in [1.54, 1.807) is 0 Å². The predicted octanol–water partition coefficient (Wildman–Crippen LogP) is 3.99. The molecule has 1 atom stereocenters. The lowest BCUT2D eigenvalue weighted by atomic mass is 9.96. The van der Waals surface area contributed by atoms with Gasteiger partial charge in [-0.3, -0.25) is 0 Å². The Morgan fingerprint density at radius 1 is 1.25 bits per heavy atom. The Kier molecular flexibility index (Phi) is 3.03. The maximum Gasteiger partial charge on any atom is 0.126 e. The van der Waals surface area contributed by atoms with Crippen LogP contribution < -0.4 is 10.1 Å². The van der Waals surface area contributed by atoms with Crippen molar-refractivity contribution in [3.63, 3.8) is 0 Å². The molecule has 2 aliphatic carbocycles. The minimum atomic E-state index is 0.489. The summed E-state index contributed by atoms with van der Waals surface area (Å²) >= 11 is 0. The monoisotopic (exact) mass is 271 g/mol. The van der Waals surface area contributed by atoms with Gasteiger partial charge in [0, 0.05) is 18.2 Å². The molecule has 3 aliphatic rings. The zero-order valence-electron chi connectivity index (χ0n) is 12.5. The van der Waals surface area contributed by atoms with Crippen LogP contribution in [0.3, 0.4) is 0 Å². The maximum absolute atomic E-state index is 5.98. The van der Waals surface area contributed by atoms with Gasteiger partial charge in [-0.15, -0.1) is 0 Å². The maximum atomic E-state index is 5.98. The zero-order chi connectivity index (χ0) is 13.6. The standard InChI is InChI=1S/C18H25NO/c1-13-4-2-5-15-16(6-3-11-20-17(13)15)19-12-18(9-10-18)14-7-8-14/h2,4-5,14,16,19H,3,6-12H2,1H3. The fraction of sp³-hybridized carbons (Fsp3) is 0.667. The Hall–Kier alpha value is -1.02. The number of nitrogens with one attached hydrogen (secondary N) is 1. The van der Waals surface area contributed by atoms with Crippen LogP contribution in [-0.4, -0.2) is 13.2 Å². The van der Waals surface area contributed by atoms with E-state index in [2.05, 4.69) is 30.4 Å². The molecule has 2 nitrogen and oxygen atoms in total. The highest BCUT2D eigenvalue weighted by atomic mass is 16.5. The second-order valence-corrected chi connectivity index (χ2v) is 7.05. The van der Waals surface area contributed by atoms with Gasteiger partial charge in [-0.1, -0.05) is 18.2 Å². The van der Waals surface area contributed by atoms with E-state index in [0.29, 0.717) is 11.5 Å². The number of fused-ring (bicyclic) bond motifs is 1. The van der Waals surface area contributed by atoms with E-state index < -0.39 is 0 Å². The number of benzene rings is 1. The van der Waals surface area contributed by atoms with Gasteiger partial charge >= 0.3 is 0 Å². The van der Waals surface area contributed by atoms with Crippen LogP contribution in [0.25, 0.3) is 0 Å². The SMILES string of the molecule is Cc1cccc2c1OCCCC2NCC1(C2CC2)CC1. The Morgan fingerprint density at radius 2 is 2.10 bits per heavy atom. The van der Waals surface area contributed by atoms with E-state index in [4.69, 9.17) is 4.74 Å². The van der Waals surface area contributed by atoms with E-state index in [1.807, 2.05) is 0 Å². The fourth-order valence-electron chi connectivity index (χ4n) is 3.89. The zero-order valence-corrected chi connectivity index (χ0v) is 12.5. The van der Waals surface area contributed by atoms with Crippen LogP contribution in [0.2, 0.25) is 0 Å². The van der Waals surface area contributed by atoms with E-state index in [-0.39, 0.29) is 0 Å². The van der Waals surface area contributed by atoms with Gasteiger partial charge in [0.15, 0.2) is 0 Å². The quantitative estimate of drug-likeness (QED) is 0.894. The molecule has 1 aromatic carbocycles. The van der Waals surface area contributed by atoms with Crippen LogP contribution in [0.15, 0.2) is 18.2 Å². The van der Waals surface area contributed by atoms with Crippen LogP contribution in [0.5, 0.6) is 5.75 Å². The molecule has 0 saturated heterocycles. The first-order valence-corrected chi connectivity index (χ1v) is 8.24. The van der Waals surface area contributed by atoms with Gasteiger partial charge in [-0.25, -0.2) is 0 Å². The number of hydrogen-bond acceptors (Lipinski definition) is 2. The lowest BCUT2D eigenvalue weighted by Gasteiger charge is -2.23. The lowest BCUT2D eigenvalue weighted by Crippen LogP contribution is -2.29. The Balaban J connectivity index is 1.51. The van der Waals surface area contributed by atoms with E-state index >= 15 is 0 Å². The molecule has 108 valence electrons. The summed E-state index contributed by atoms with van der Waals surface area (Å²) in [7, 11) is 0. The van der Waals surface area contributed by atoms with Crippen molar-refractivity contribution in [2.75, 3.05) is 13.2 Å². The van der Waals surface area contributed by atoms with Crippen molar-refractivity contribution in [2.24, 2.45) is 11.3 Å². The fourth-order valence-corrected chi connectivity index (χ4v) is 3.89. The van der Waals surface area contributed by atoms with Crippen molar-refractivity contribution in [3.05, 3.63) is 29.3 Å². The summed E-state index contributed by atoms with van der Waals surface area (Å²) in [5.74, 6) is 2.17. The van der Waals surface area contributed by atoms with Crippen molar-refractivity contribution in [3.8, 4) is 5.75 Å². The third kappa shape index (κ3) is 2.24. The number of aryl methyl sites for hydroxylation is 1. The van der Waals surface area contributed by atoms with E-state index in [9.17, 15) is 0 Å². The van der Waals surface area contributed by atoms with Crippen molar-refractivity contribution in [2.45, 2.75) is 51.5 Å². The summed E-state index contributed by atoms with van der Waals surface area (Å²) < 4.78 is 5.98. The smallest absolute Gasteiger partial charge is 0.126 e. The predicted molar refractivity (Wildman–Crippen MR) is 81.0 cm³/mol. The Labute approximate surface area is 121 Å². The molecular formula is C18H25NO. The van der Waals surface area contributed by atoms with Crippen molar-refractivity contribution >= 4 is 0 Å². The second-order valence-electron chi connectivity index (χ2n) is 7.05. The lowest BCUT2D eigenvalue weighted by molar-refractivity contribution is 0.311. The molecule has 0 aromatic heterocycles. The summed E-state index contributed by atoms with van der Waals surface area (Å²) in [5, 5.41) is 3.89. The highest BCUT2D eigenvalue weighted by Gasteiger charge is 2.53. The first-order valence-electron chi connectivity index (χ1n) is 8.24. The molecule has 0 bridgehead atoms. The summed E-state index contributed by atoms with van der Waals surface area (Å²) in [6, 6.07) is 7.07. The largest absolute Gasteiger partial charge is 0.493 e. The van der Waals surface area contributed by atoms with Gasteiger partial charge in [-0.05, 0) is 62.3 Å². The van der Waals surface area contributed by atoms with E-state index in [0.717, 1.165) is 24.7 Å². The van der Waals surface area contributed by atoms with Crippen molar-refractivity contribution in [1.29, 1.82) is 0 Å². The molecular weight excluding hydrogens is 246 g/mol. The Bertz CT molecular complexity index is 502. The summed E-state index contributed by atoms with van der Waals surface area (Å²) in [4.78, 5) is 0. The topological polar surface area (TPSA) is 21.3 Å². The highest BCUT2D eigenvalue weighted by Crippen LogP contribution is 2.61. The Morgan fingerprint density at radius 3 is 2.85 bits per heavy atom. The molecule has 0 amide bonds. The van der Waals surface area contributed by atoms with Crippen LogP contribution in [0.1, 0.15) is 55.7 Å². The van der Waals surface area contributed by atoms with Crippen LogP contribution in [-0.2, 0) is 0 Å². The number of rotatable bonds is 4. The summed E-state index contributed by atoms with van der Waals surface area (Å²) in [5.41, 5.74) is 3.34. The van der Waals surface area contributed by atoms with Gasteiger partial charge in [0.1, 0.15) is 5.75 Å². The molecule has 20 heavy (non-hydrogen) atoms. The number of hydrogen-bond donors (Lipinski definition) is 1. The number of para-hydroxylation sites is 1. The van der Waals surface area contributed by atoms with Crippen LogP contribution in [0.4, 0.5) is 0 Å². The van der Waals surface area contributed by atoms with Gasteiger partial charge in [-0.2, -0.15) is 0 Å². The van der Waals surface area contributed by atoms with Gasteiger partial charge in [0.2, 0.25) is 0 Å². The third-order valence-corrected chi connectivity index (χ3v) is 5.54. The van der Waals surface area contributed by atoms with Gasteiger partial charge < -0.3 is 10.1 Å². The first kappa shape index (κ1) is 12.7. The second kappa shape index (κ2) is 4.77. The van der Waals surface area contributed by atoms with Crippen molar-refractivity contribution < 1.29 is 4.74 Å². The minimum Gasteiger partial charge on any atom is -0.493 e. The van der Waals surface area contributed by atoms with Crippen LogP contribution >= 0.6 is 0 Å². The molecule has 1 heterocycles. The molecule has 2 heteroatoms. The molecule has 2 fully saturated rings. The number of ether oxygens (including phenoxy) is 1. The molecule has 1 N–H and O–H groups in total. The molecule has 0 spiro atoms. The summed E-state index contributed by atoms with van der Waals surface area (Å²) in [6.07, 6.45) is 8.22. The summed E-state index contributed by atoms with van der Waals surface area (Å²) in [6.45, 7) is 4.24. The minimum absolute atomic E-state index is 0.489. The molecule has 4 rings (SSSR count). The highest BCUT2D eigenvalue weighted by molar-refractivity contribution is 5.43.